The predicted molar refractivity (Wildman–Crippen MR) is 70.1 cm³/mol. The quantitative estimate of drug-likeness (QED) is 0.629. The van der Waals surface area contributed by atoms with Gasteiger partial charge in [-0.25, -0.2) is 0 Å². The van der Waals surface area contributed by atoms with Crippen LogP contribution < -0.4 is 4.57 Å². The topological polar surface area (TPSA) is 20.9 Å². The van der Waals surface area contributed by atoms with Crippen molar-refractivity contribution >= 4 is 33.3 Å². The van der Waals surface area contributed by atoms with Crippen LogP contribution in [-0.4, -0.2) is 5.78 Å². The summed E-state index contributed by atoms with van der Waals surface area (Å²) in [5.41, 5.74) is 0.668. The molecule has 0 radical (unpaired) electrons. The van der Waals surface area contributed by atoms with Gasteiger partial charge >= 0.3 is 0 Å². The number of carbonyl (C=O) groups excluding carboxylic acids is 1. The van der Waals surface area contributed by atoms with Gasteiger partial charge in [0.25, 0.3) is 0 Å². The average molecular weight is 312 g/mol. The van der Waals surface area contributed by atoms with Crippen LogP contribution in [0.5, 0.6) is 0 Å². The van der Waals surface area contributed by atoms with Gasteiger partial charge in [-0.1, -0.05) is 11.6 Å². The van der Waals surface area contributed by atoms with Gasteiger partial charge in [0.05, 0.1) is 4.47 Å². The van der Waals surface area contributed by atoms with Crippen molar-refractivity contribution in [1.82, 2.24) is 0 Å². The Labute approximate surface area is 113 Å². The largest absolute Gasteiger partial charge is 0.287 e. The first-order valence-corrected chi connectivity index (χ1v) is 6.25. The summed E-state index contributed by atoms with van der Waals surface area (Å²) in [5, 5.41) is 0.636. The molecule has 0 atom stereocenters. The molecule has 17 heavy (non-hydrogen) atoms. The standard InChI is InChI=1S/C13H10BrClNO/c14-11-2-1-7-16(8-11)9-13(17)10-3-5-12(15)6-4-10/h1-8H,9H2/q+1. The Morgan fingerprint density at radius 2 is 1.94 bits per heavy atom. The van der Waals surface area contributed by atoms with E-state index < -0.39 is 0 Å². The van der Waals surface area contributed by atoms with E-state index in [2.05, 4.69) is 15.9 Å². The molecule has 4 heteroatoms. The number of nitrogens with zero attached hydrogens (tertiary/aromatic N) is 1. The molecular formula is C13H10BrClNO+. The summed E-state index contributed by atoms with van der Waals surface area (Å²) in [4.78, 5) is 12.0. The second-order valence-electron chi connectivity index (χ2n) is 3.62. The van der Waals surface area contributed by atoms with Crippen LogP contribution >= 0.6 is 27.5 Å². The number of ketones is 1. The molecule has 0 fully saturated rings. The minimum Gasteiger partial charge on any atom is -0.287 e. The van der Waals surface area contributed by atoms with Gasteiger partial charge in [-0.05, 0) is 46.3 Å². The average Bonchev–Trinajstić information content (AvgIpc) is 2.29. The fraction of sp³-hybridized carbons (Fsp3) is 0.0769. The lowest BCUT2D eigenvalue weighted by molar-refractivity contribution is -0.683. The molecular weight excluding hydrogens is 302 g/mol. The zero-order valence-corrected chi connectivity index (χ0v) is 11.3. The lowest BCUT2D eigenvalue weighted by atomic mass is 10.1. The minimum atomic E-state index is 0.0600. The van der Waals surface area contributed by atoms with Gasteiger partial charge in [0.1, 0.15) is 0 Å². The van der Waals surface area contributed by atoms with Crippen molar-refractivity contribution in [2.45, 2.75) is 6.54 Å². The number of hydrogen-bond donors (Lipinski definition) is 0. The molecule has 0 spiro atoms. The number of aromatic nitrogens is 1. The Balaban J connectivity index is 2.14. The van der Waals surface area contributed by atoms with Gasteiger partial charge in [-0.15, -0.1) is 0 Å². The molecule has 0 saturated carbocycles. The molecule has 0 unspecified atom stereocenters. The molecule has 2 nitrogen and oxygen atoms in total. The van der Waals surface area contributed by atoms with Gasteiger partial charge < -0.3 is 0 Å². The van der Waals surface area contributed by atoms with Gasteiger partial charge in [0.15, 0.2) is 12.4 Å². The van der Waals surface area contributed by atoms with E-state index in [1.165, 1.54) is 0 Å². The third-order valence-electron chi connectivity index (χ3n) is 2.31. The normalized spacial score (nSPS) is 10.2. The maximum Gasteiger partial charge on any atom is 0.227 e. The highest BCUT2D eigenvalue weighted by Gasteiger charge is 2.11. The summed E-state index contributed by atoms with van der Waals surface area (Å²) in [6, 6.07) is 10.7. The number of benzene rings is 1. The molecule has 0 aliphatic heterocycles. The molecule has 1 aromatic heterocycles. The Hall–Kier alpha value is -1.19. The van der Waals surface area contributed by atoms with Gasteiger partial charge in [0.2, 0.25) is 12.3 Å². The van der Waals surface area contributed by atoms with Gasteiger partial charge in [-0.3, -0.25) is 4.79 Å². The van der Waals surface area contributed by atoms with Crippen molar-refractivity contribution in [3.8, 4) is 0 Å². The Morgan fingerprint density at radius 3 is 2.59 bits per heavy atom. The lowest BCUT2D eigenvalue weighted by Gasteiger charge is -1.98. The monoisotopic (exact) mass is 310 g/mol. The zero-order chi connectivity index (χ0) is 12.3. The third kappa shape index (κ3) is 3.38. The highest BCUT2D eigenvalue weighted by Crippen LogP contribution is 2.10. The van der Waals surface area contributed by atoms with E-state index in [0.29, 0.717) is 17.1 Å². The van der Waals surface area contributed by atoms with E-state index in [9.17, 15) is 4.79 Å². The molecule has 0 saturated heterocycles. The maximum absolute atomic E-state index is 12.0. The molecule has 1 heterocycles. The number of Topliss-reactive ketones (excluding diaryl/α,β-unsaturated/α-hetero) is 1. The Bertz CT molecular complexity index is 539. The van der Waals surface area contributed by atoms with Crippen LogP contribution in [0.1, 0.15) is 10.4 Å². The minimum absolute atomic E-state index is 0.0600. The number of carbonyl (C=O) groups is 1. The van der Waals surface area contributed by atoms with Gasteiger partial charge in [-0.2, -0.15) is 4.57 Å². The molecule has 0 aliphatic rings. The molecule has 86 valence electrons. The highest BCUT2D eigenvalue weighted by atomic mass is 79.9. The molecule has 2 aromatic rings. The van der Waals surface area contributed by atoms with Crippen molar-refractivity contribution < 1.29 is 9.36 Å². The number of pyridine rings is 1. The second-order valence-corrected chi connectivity index (χ2v) is 4.98. The van der Waals surface area contributed by atoms with Crippen LogP contribution in [0.3, 0.4) is 0 Å². The van der Waals surface area contributed by atoms with E-state index in [0.717, 1.165) is 4.47 Å². The molecule has 0 N–H and O–H groups in total. The highest BCUT2D eigenvalue weighted by molar-refractivity contribution is 9.10. The number of rotatable bonds is 3. The lowest BCUT2D eigenvalue weighted by Crippen LogP contribution is -2.37. The summed E-state index contributed by atoms with van der Waals surface area (Å²) in [7, 11) is 0. The van der Waals surface area contributed by atoms with Crippen LogP contribution in [0.25, 0.3) is 0 Å². The number of hydrogen-bond acceptors (Lipinski definition) is 1. The summed E-state index contributed by atoms with van der Waals surface area (Å²) < 4.78 is 2.78. The maximum atomic E-state index is 12.0. The van der Waals surface area contributed by atoms with Crippen LogP contribution in [0.4, 0.5) is 0 Å². The van der Waals surface area contributed by atoms with Gasteiger partial charge in [0, 0.05) is 16.7 Å². The summed E-state index contributed by atoms with van der Waals surface area (Å²) in [5.74, 6) is 0.0600. The fourth-order valence-corrected chi connectivity index (χ4v) is 2.02. The first kappa shape index (κ1) is 12.3. The Kier molecular flexibility index (Phi) is 3.92. The number of halogens is 2. The smallest absolute Gasteiger partial charge is 0.227 e. The van der Waals surface area contributed by atoms with Crippen LogP contribution in [0.2, 0.25) is 5.02 Å². The van der Waals surface area contributed by atoms with E-state index >= 15 is 0 Å². The van der Waals surface area contributed by atoms with Crippen molar-refractivity contribution in [2.75, 3.05) is 0 Å². The predicted octanol–water partition coefficient (Wildman–Crippen LogP) is 3.27. The fourth-order valence-electron chi connectivity index (χ4n) is 1.48. The van der Waals surface area contributed by atoms with E-state index in [-0.39, 0.29) is 5.78 Å². The van der Waals surface area contributed by atoms with Crippen molar-refractivity contribution in [3.05, 3.63) is 63.9 Å². The molecule has 1 aromatic carbocycles. The summed E-state index contributed by atoms with van der Waals surface area (Å²) in [6.07, 6.45) is 3.73. The molecule has 0 aliphatic carbocycles. The van der Waals surface area contributed by atoms with Crippen LogP contribution in [-0.2, 0) is 6.54 Å². The zero-order valence-electron chi connectivity index (χ0n) is 8.94. The molecule has 2 rings (SSSR count). The van der Waals surface area contributed by atoms with Crippen molar-refractivity contribution in [1.29, 1.82) is 0 Å². The van der Waals surface area contributed by atoms with E-state index in [1.54, 1.807) is 24.3 Å². The summed E-state index contributed by atoms with van der Waals surface area (Å²) >= 11 is 9.14. The van der Waals surface area contributed by atoms with Crippen LogP contribution in [0, 0.1) is 0 Å². The second kappa shape index (κ2) is 5.43. The van der Waals surface area contributed by atoms with E-state index in [1.807, 2.05) is 29.1 Å². The first-order valence-electron chi connectivity index (χ1n) is 5.08. The molecule has 0 bridgehead atoms. The Morgan fingerprint density at radius 1 is 1.24 bits per heavy atom. The third-order valence-corrected chi connectivity index (χ3v) is 3.04. The summed E-state index contributed by atoms with van der Waals surface area (Å²) in [6.45, 7) is 0.321. The van der Waals surface area contributed by atoms with Crippen LogP contribution in [0.15, 0.2) is 53.3 Å². The molecule has 0 amide bonds. The van der Waals surface area contributed by atoms with E-state index in [4.69, 9.17) is 11.6 Å². The van der Waals surface area contributed by atoms with Crippen molar-refractivity contribution in [2.24, 2.45) is 0 Å². The first-order chi connectivity index (χ1) is 8.15. The van der Waals surface area contributed by atoms with Crippen molar-refractivity contribution in [3.63, 3.8) is 0 Å². The SMILES string of the molecule is O=C(C[n+]1cccc(Br)c1)c1ccc(Cl)cc1.